The van der Waals surface area contributed by atoms with E-state index in [-0.39, 0.29) is 12.2 Å². The highest BCUT2D eigenvalue weighted by Crippen LogP contribution is 2.38. The van der Waals surface area contributed by atoms with Crippen molar-refractivity contribution in [3.8, 4) is 0 Å². The molecule has 4 aromatic rings. The number of anilines is 1. The minimum atomic E-state index is 0.0209. The van der Waals surface area contributed by atoms with Crippen molar-refractivity contribution in [1.82, 2.24) is 5.32 Å². The molecule has 2 atom stereocenters. The highest BCUT2D eigenvalue weighted by molar-refractivity contribution is 5.86. The largest absolute Gasteiger partial charge is 0.366 e. The van der Waals surface area contributed by atoms with Gasteiger partial charge < -0.3 is 11.1 Å². The van der Waals surface area contributed by atoms with Crippen molar-refractivity contribution in [2.45, 2.75) is 18.8 Å². The Morgan fingerprint density at radius 3 is 2.43 bits per heavy atom. The van der Waals surface area contributed by atoms with Gasteiger partial charge >= 0.3 is 0 Å². The Balaban J connectivity index is 1.62. The second-order valence-corrected chi connectivity index (χ2v) is 7.28. The number of benzene rings is 4. The summed E-state index contributed by atoms with van der Waals surface area (Å²) in [5.74, 6) is 0. The van der Waals surface area contributed by atoms with Crippen molar-refractivity contribution in [1.29, 1.82) is 0 Å². The number of hydrogen-bond donors (Lipinski definition) is 3. The minimum Gasteiger partial charge on any atom is -0.366 e. The quantitative estimate of drug-likeness (QED) is 0.473. The first-order valence-electron chi connectivity index (χ1n) is 9.71. The Morgan fingerprint density at radius 2 is 1.50 bits per heavy atom. The molecule has 4 N–H and O–H groups in total. The molecule has 1 aliphatic heterocycles. The van der Waals surface area contributed by atoms with Crippen molar-refractivity contribution >= 4 is 16.5 Å². The van der Waals surface area contributed by atoms with Crippen LogP contribution in [0.3, 0.4) is 0 Å². The van der Waals surface area contributed by atoms with Crippen molar-refractivity contribution in [2.24, 2.45) is 5.73 Å². The summed E-state index contributed by atoms with van der Waals surface area (Å²) in [6.45, 7) is 0.549. The molecule has 0 saturated carbocycles. The predicted octanol–water partition coefficient (Wildman–Crippen LogP) is 5.10. The molecule has 0 amide bonds. The number of nitrogens with two attached hydrogens (primary N) is 1. The lowest BCUT2D eigenvalue weighted by atomic mass is 9.91. The van der Waals surface area contributed by atoms with Crippen LogP contribution in [0.2, 0.25) is 0 Å². The molecular weight excluding hydrogens is 342 g/mol. The fourth-order valence-electron chi connectivity index (χ4n) is 4.18. The maximum absolute atomic E-state index is 5.89. The smallest absolute Gasteiger partial charge is 0.105 e. The van der Waals surface area contributed by atoms with Crippen molar-refractivity contribution in [3.05, 3.63) is 113 Å². The summed E-state index contributed by atoms with van der Waals surface area (Å²) in [6.07, 6.45) is 0.0209. The van der Waals surface area contributed by atoms with Gasteiger partial charge in [-0.05, 0) is 39.1 Å². The summed E-state index contributed by atoms with van der Waals surface area (Å²) < 4.78 is 0. The topological polar surface area (TPSA) is 50.1 Å². The Kier molecular flexibility index (Phi) is 4.32. The van der Waals surface area contributed by atoms with Crippen LogP contribution in [0, 0.1) is 0 Å². The number of rotatable bonds is 3. The second-order valence-electron chi connectivity index (χ2n) is 7.28. The molecule has 0 radical (unpaired) electrons. The summed E-state index contributed by atoms with van der Waals surface area (Å²) in [6, 6.07) is 32.2. The molecule has 4 aromatic carbocycles. The minimum absolute atomic E-state index is 0.0209. The van der Waals surface area contributed by atoms with E-state index in [1.165, 1.54) is 33.2 Å². The molecule has 0 aromatic heterocycles. The molecule has 28 heavy (non-hydrogen) atoms. The molecule has 1 heterocycles. The third-order valence-corrected chi connectivity index (χ3v) is 5.56. The fourth-order valence-corrected chi connectivity index (χ4v) is 4.18. The predicted molar refractivity (Wildman–Crippen MR) is 116 cm³/mol. The van der Waals surface area contributed by atoms with Crippen LogP contribution in [0.15, 0.2) is 91.0 Å². The number of hydrogen-bond acceptors (Lipinski definition) is 3. The molecule has 3 nitrogen and oxygen atoms in total. The molecule has 0 fully saturated rings. The monoisotopic (exact) mass is 365 g/mol. The molecular formula is C25H23N3. The third kappa shape index (κ3) is 2.95. The molecule has 5 rings (SSSR count). The average Bonchev–Trinajstić information content (AvgIpc) is 2.78. The van der Waals surface area contributed by atoms with E-state index in [0.717, 1.165) is 5.56 Å². The Morgan fingerprint density at radius 1 is 0.750 bits per heavy atom. The molecule has 138 valence electrons. The van der Waals surface area contributed by atoms with Gasteiger partial charge in [0, 0.05) is 12.2 Å². The first-order chi connectivity index (χ1) is 13.8. The van der Waals surface area contributed by atoms with Gasteiger partial charge in [-0.2, -0.15) is 0 Å². The van der Waals surface area contributed by atoms with Crippen molar-refractivity contribution < 1.29 is 0 Å². The normalized spacial score (nSPS) is 18.5. The standard InChI is InChI=1S/C25H23N3/c26-16-17-7-5-10-19(15-17)24-22-12-3-4-14-23(22)27-25(28-24)21-13-6-9-18-8-1-2-11-20(18)21/h1-15,24-25,27-28H,16,26H2. The molecule has 0 bridgehead atoms. The lowest BCUT2D eigenvalue weighted by Gasteiger charge is -2.36. The van der Waals surface area contributed by atoms with E-state index in [9.17, 15) is 0 Å². The highest BCUT2D eigenvalue weighted by atomic mass is 15.2. The fraction of sp³-hybridized carbons (Fsp3) is 0.120. The Labute approximate surface area is 165 Å². The van der Waals surface area contributed by atoms with Crippen LogP contribution in [0.5, 0.6) is 0 Å². The molecule has 1 aliphatic rings. The van der Waals surface area contributed by atoms with Gasteiger partial charge in [0.1, 0.15) is 6.17 Å². The Bertz CT molecular complexity index is 1130. The zero-order chi connectivity index (χ0) is 18.9. The van der Waals surface area contributed by atoms with Gasteiger partial charge in [-0.3, -0.25) is 5.32 Å². The van der Waals surface area contributed by atoms with E-state index in [1.807, 2.05) is 0 Å². The maximum Gasteiger partial charge on any atom is 0.105 e. The van der Waals surface area contributed by atoms with Crippen LogP contribution < -0.4 is 16.4 Å². The van der Waals surface area contributed by atoms with E-state index in [1.54, 1.807) is 0 Å². The summed E-state index contributed by atoms with van der Waals surface area (Å²) in [4.78, 5) is 0. The second kappa shape index (κ2) is 7.12. The summed E-state index contributed by atoms with van der Waals surface area (Å²) in [7, 11) is 0. The zero-order valence-corrected chi connectivity index (χ0v) is 15.6. The molecule has 0 aliphatic carbocycles. The number of fused-ring (bicyclic) bond motifs is 2. The molecule has 2 unspecified atom stereocenters. The summed E-state index contributed by atoms with van der Waals surface area (Å²) in [5.41, 5.74) is 12.0. The van der Waals surface area contributed by atoms with E-state index in [4.69, 9.17) is 5.73 Å². The van der Waals surface area contributed by atoms with Gasteiger partial charge in [0.25, 0.3) is 0 Å². The van der Waals surface area contributed by atoms with E-state index >= 15 is 0 Å². The highest BCUT2D eigenvalue weighted by Gasteiger charge is 2.28. The zero-order valence-electron chi connectivity index (χ0n) is 15.6. The van der Waals surface area contributed by atoms with Gasteiger partial charge in [-0.1, -0.05) is 84.9 Å². The van der Waals surface area contributed by atoms with E-state index in [2.05, 4.69) is 102 Å². The van der Waals surface area contributed by atoms with Gasteiger partial charge in [-0.15, -0.1) is 0 Å². The number of para-hydroxylation sites is 1. The van der Waals surface area contributed by atoms with E-state index in [0.29, 0.717) is 6.54 Å². The van der Waals surface area contributed by atoms with Gasteiger partial charge in [0.15, 0.2) is 0 Å². The van der Waals surface area contributed by atoms with Crippen LogP contribution >= 0.6 is 0 Å². The number of nitrogens with one attached hydrogen (secondary N) is 2. The van der Waals surface area contributed by atoms with E-state index < -0.39 is 0 Å². The molecule has 3 heteroatoms. The summed E-state index contributed by atoms with van der Waals surface area (Å²) >= 11 is 0. The maximum atomic E-state index is 5.89. The van der Waals surface area contributed by atoms with Gasteiger partial charge in [0.05, 0.1) is 6.04 Å². The third-order valence-electron chi connectivity index (χ3n) is 5.56. The van der Waals surface area contributed by atoms with Gasteiger partial charge in [-0.25, -0.2) is 0 Å². The van der Waals surface area contributed by atoms with Crippen LogP contribution in [-0.4, -0.2) is 0 Å². The lowest BCUT2D eigenvalue weighted by Crippen LogP contribution is -2.37. The van der Waals surface area contributed by atoms with Crippen LogP contribution in [-0.2, 0) is 6.54 Å². The van der Waals surface area contributed by atoms with Crippen LogP contribution in [0.1, 0.15) is 34.5 Å². The molecule has 0 saturated heterocycles. The van der Waals surface area contributed by atoms with Crippen LogP contribution in [0.25, 0.3) is 10.8 Å². The lowest BCUT2D eigenvalue weighted by molar-refractivity contribution is 0.508. The van der Waals surface area contributed by atoms with Crippen LogP contribution in [0.4, 0.5) is 5.69 Å². The SMILES string of the molecule is NCc1cccc(C2NC(c3cccc4ccccc34)Nc3ccccc32)c1. The van der Waals surface area contributed by atoms with Crippen molar-refractivity contribution in [2.75, 3.05) is 5.32 Å². The van der Waals surface area contributed by atoms with Gasteiger partial charge in [0.2, 0.25) is 0 Å². The Hall–Kier alpha value is -3.14. The molecule has 0 spiro atoms. The average molecular weight is 365 g/mol. The van der Waals surface area contributed by atoms with Crippen molar-refractivity contribution in [3.63, 3.8) is 0 Å². The first-order valence-corrected chi connectivity index (χ1v) is 9.71. The summed E-state index contributed by atoms with van der Waals surface area (Å²) in [5, 5.41) is 10.1. The first kappa shape index (κ1) is 17.0.